The predicted octanol–water partition coefficient (Wildman–Crippen LogP) is 6.82. The lowest BCUT2D eigenvalue weighted by molar-refractivity contribution is 0.306. The summed E-state index contributed by atoms with van der Waals surface area (Å²) in [4.78, 5) is 0. The fourth-order valence-corrected chi connectivity index (χ4v) is 3.34. The van der Waals surface area contributed by atoms with E-state index in [1.165, 1.54) is 22.9 Å². The lowest BCUT2D eigenvalue weighted by atomic mass is 10.1. The van der Waals surface area contributed by atoms with E-state index in [9.17, 15) is 4.39 Å². The molecule has 0 spiro atoms. The molecule has 4 heteroatoms. The van der Waals surface area contributed by atoms with Gasteiger partial charge < -0.3 is 10.1 Å². The number of fused-ring (bicyclic) bond motifs is 1. The van der Waals surface area contributed by atoms with Crippen LogP contribution in [0.2, 0.25) is 5.02 Å². The van der Waals surface area contributed by atoms with Gasteiger partial charge in [-0.25, -0.2) is 4.39 Å². The second-order valence-electron chi connectivity index (χ2n) is 6.55. The first kappa shape index (κ1) is 18.3. The number of anilines is 1. The molecule has 0 heterocycles. The van der Waals surface area contributed by atoms with Crippen molar-refractivity contribution in [1.29, 1.82) is 0 Å². The maximum atomic E-state index is 13.2. The second-order valence-corrected chi connectivity index (χ2v) is 6.96. The molecular formula is C24H19ClFNO. The molecule has 0 fully saturated rings. The summed E-state index contributed by atoms with van der Waals surface area (Å²) in [6.07, 6.45) is 0. The summed E-state index contributed by atoms with van der Waals surface area (Å²) in [6, 6.07) is 26.8. The van der Waals surface area contributed by atoms with Gasteiger partial charge in [0, 0.05) is 23.2 Å². The zero-order valence-corrected chi connectivity index (χ0v) is 15.9. The van der Waals surface area contributed by atoms with Crippen molar-refractivity contribution >= 4 is 28.1 Å². The van der Waals surface area contributed by atoms with Gasteiger partial charge in [-0.1, -0.05) is 66.2 Å². The molecule has 0 saturated carbocycles. The average molecular weight is 392 g/mol. The number of hydrogen-bond donors (Lipinski definition) is 1. The van der Waals surface area contributed by atoms with E-state index in [2.05, 4.69) is 41.7 Å². The van der Waals surface area contributed by atoms with Crippen LogP contribution in [0.1, 0.15) is 11.1 Å². The molecule has 1 N–H and O–H groups in total. The van der Waals surface area contributed by atoms with Gasteiger partial charge in [-0.3, -0.25) is 0 Å². The molecule has 0 bridgehead atoms. The lowest BCUT2D eigenvalue weighted by Crippen LogP contribution is -2.01. The number of hydrogen-bond acceptors (Lipinski definition) is 2. The van der Waals surface area contributed by atoms with Gasteiger partial charge in [-0.15, -0.1) is 0 Å². The van der Waals surface area contributed by atoms with Gasteiger partial charge in [0.2, 0.25) is 0 Å². The molecule has 28 heavy (non-hydrogen) atoms. The maximum absolute atomic E-state index is 13.2. The summed E-state index contributed by atoms with van der Waals surface area (Å²) in [5.74, 6) is 0.396. The van der Waals surface area contributed by atoms with Crippen molar-refractivity contribution in [1.82, 2.24) is 0 Å². The minimum absolute atomic E-state index is 0.291. The average Bonchev–Trinajstić information content (AvgIpc) is 2.72. The Morgan fingerprint density at radius 3 is 2.57 bits per heavy atom. The van der Waals surface area contributed by atoms with Gasteiger partial charge in [-0.2, -0.15) is 0 Å². The molecule has 0 aliphatic heterocycles. The number of benzene rings is 4. The van der Waals surface area contributed by atoms with Crippen LogP contribution in [0.15, 0.2) is 84.9 Å². The van der Waals surface area contributed by atoms with Crippen LogP contribution < -0.4 is 10.1 Å². The molecule has 2 nitrogen and oxygen atoms in total. The largest absolute Gasteiger partial charge is 0.489 e. The van der Waals surface area contributed by atoms with Crippen molar-refractivity contribution in [3.8, 4) is 5.75 Å². The molecule has 0 amide bonds. The minimum Gasteiger partial charge on any atom is -0.489 e. The highest BCUT2D eigenvalue weighted by atomic mass is 35.5. The fraction of sp³-hybridized carbons (Fsp3) is 0.0833. The first-order valence-electron chi connectivity index (χ1n) is 9.06. The zero-order chi connectivity index (χ0) is 19.3. The van der Waals surface area contributed by atoms with Crippen LogP contribution in [0.4, 0.5) is 10.1 Å². The van der Waals surface area contributed by atoms with E-state index in [0.29, 0.717) is 18.2 Å². The van der Waals surface area contributed by atoms with E-state index in [1.807, 2.05) is 30.3 Å². The Morgan fingerprint density at radius 1 is 0.857 bits per heavy atom. The Balaban J connectivity index is 1.43. The van der Waals surface area contributed by atoms with Crippen LogP contribution in [-0.2, 0) is 13.2 Å². The Bertz CT molecular complexity index is 1110. The van der Waals surface area contributed by atoms with Gasteiger partial charge >= 0.3 is 0 Å². The van der Waals surface area contributed by atoms with Crippen LogP contribution in [0, 0.1) is 5.82 Å². The molecule has 0 aliphatic rings. The lowest BCUT2D eigenvalue weighted by Gasteiger charge is -2.12. The van der Waals surface area contributed by atoms with Crippen molar-refractivity contribution < 1.29 is 9.13 Å². The van der Waals surface area contributed by atoms with Crippen molar-refractivity contribution in [2.45, 2.75) is 13.2 Å². The Morgan fingerprint density at radius 2 is 1.68 bits per heavy atom. The van der Waals surface area contributed by atoms with Gasteiger partial charge in [0.15, 0.2) is 0 Å². The predicted molar refractivity (Wildman–Crippen MR) is 113 cm³/mol. The summed E-state index contributed by atoms with van der Waals surface area (Å²) in [7, 11) is 0. The number of rotatable bonds is 6. The minimum atomic E-state index is -0.352. The first-order valence-corrected chi connectivity index (χ1v) is 9.44. The molecule has 4 rings (SSSR count). The highest BCUT2D eigenvalue weighted by Crippen LogP contribution is 2.24. The third-order valence-corrected chi connectivity index (χ3v) is 4.93. The maximum Gasteiger partial charge on any atom is 0.124 e. The first-order chi connectivity index (χ1) is 13.7. The van der Waals surface area contributed by atoms with E-state index in [4.69, 9.17) is 16.3 Å². The molecule has 0 saturated heterocycles. The van der Waals surface area contributed by atoms with E-state index in [-0.39, 0.29) is 5.82 Å². The van der Waals surface area contributed by atoms with Crippen LogP contribution in [0.5, 0.6) is 5.75 Å². The third-order valence-electron chi connectivity index (χ3n) is 4.58. The van der Waals surface area contributed by atoms with Crippen LogP contribution in [0.25, 0.3) is 10.8 Å². The highest BCUT2D eigenvalue weighted by molar-refractivity contribution is 6.31. The smallest absolute Gasteiger partial charge is 0.124 e. The van der Waals surface area contributed by atoms with Gasteiger partial charge in [0.1, 0.15) is 18.2 Å². The normalized spacial score (nSPS) is 10.8. The van der Waals surface area contributed by atoms with Gasteiger partial charge in [0.05, 0.1) is 5.02 Å². The summed E-state index contributed by atoms with van der Waals surface area (Å²) < 4.78 is 19.0. The molecule has 0 radical (unpaired) electrons. The quantitative estimate of drug-likeness (QED) is 0.389. The Kier molecular flexibility index (Phi) is 5.45. The van der Waals surface area contributed by atoms with Gasteiger partial charge in [-0.05, 0) is 41.3 Å². The van der Waals surface area contributed by atoms with E-state index in [0.717, 1.165) is 22.6 Å². The number of nitrogens with one attached hydrogen (secondary N) is 1. The Labute approximate surface area is 168 Å². The molecule has 4 aromatic carbocycles. The summed E-state index contributed by atoms with van der Waals surface area (Å²) in [6.45, 7) is 0.974. The van der Waals surface area contributed by atoms with E-state index >= 15 is 0 Å². The second kappa shape index (κ2) is 8.32. The van der Waals surface area contributed by atoms with Crippen molar-refractivity contribution in [2.75, 3.05) is 5.32 Å². The van der Waals surface area contributed by atoms with Crippen molar-refractivity contribution in [3.05, 3.63) is 107 Å². The molecule has 0 atom stereocenters. The zero-order valence-electron chi connectivity index (χ0n) is 15.2. The van der Waals surface area contributed by atoms with E-state index < -0.39 is 0 Å². The summed E-state index contributed by atoms with van der Waals surface area (Å²) in [5.41, 5.74) is 2.96. The molecule has 4 aromatic rings. The van der Waals surface area contributed by atoms with Crippen LogP contribution in [0.3, 0.4) is 0 Å². The molecule has 0 aromatic heterocycles. The highest BCUT2D eigenvalue weighted by Gasteiger charge is 2.05. The molecule has 0 aliphatic carbocycles. The van der Waals surface area contributed by atoms with Crippen molar-refractivity contribution in [3.63, 3.8) is 0 Å². The van der Waals surface area contributed by atoms with E-state index in [1.54, 1.807) is 6.07 Å². The monoisotopic (exact) mass is 391 g/mol. The van der Waals surface area contributed by atoms with Crippen LogP contribution in [-0.4, -0.2) is 0 Å². The number of halogens is 2. The fourth-order valence-electron chi connectivity index (χ4n) is 3.12. The van der Waals surface area contributed by atoms with Crippen molar-refractivity contribution in [2.24, 2.45) is 0 Å². The summed E-state index contributed by atoms with van der Waals surface area (Å²) >= 11 is 6.06. The topological polar surface area (TPSA) is 21.3 Å². The standard InChI is InChI=1S/C24H19ClFNO/c25-23-14-20(26)12-11-19(23)16-28-21-8-3-5-17(13-21)15-27-24-10-4-7-18-6-1-2-9-22(18)24/h1-14,27H,15-16H2. The van der Waals surface area contributed by atoms with Gasteiger partial charge in [0.25, 0.3) is 0 Å². The molecule has 140 valence electrons. The molecular weight excluding hydrogens is 373 g/mol. The SMILES string of the molecule is Fc1ccc(COc2cccc(CNc3cccc4ccccc34)c2)c(Cl)c1. The Hall–Kier alpha value is -3.04. The van der Waals surface area contributed by atoms with Crippen LogP contribution >= 0.6 is 11.6 Å². The summed E-state index contributed by atoms with van der Waals surface area (Å²) in [5, 5.41) is 6.28. The molecule has 0 unspecified atom stereocenters. The third kappa shape index (κ3) is 4.26. The number of ether oxygens (including phenoxy) is 1.